The highest BCUT2D eigenvalue weighted by Crippen LogP contribution is 2.41. The summed E-state index contributed by atoms with van der Waals surface area (Å²) in [6.45, 7) is 6.93. The Morgan fingerprint density at radius 3 is 2.19 bits per heavy atom. The largest absolute Gasteiger partial charge is 0.493 e. The third-order valence-corrected chi connectivity index (χ3v) is 5.79. The van der Waals surface area contributed by atoms with E-state index in [0.29, 0.717) is 18.4 Å². The first kappa shape index (κ1) is 28.4. The fourth-order valence-electron chi connectivity index (χ4n) is 4.11. The van der Waals surface area contributed by atoms with Gasteiger partial charge in [0.1, 0.15) is 12.4 Å². The van der Waals surface area contributed by atoms with Gasteiger partial charge in [-0.1, -0.05) is 56.5 Å². The van der Waals surface area contributed by atoms with Crippen molar-refractivity contribution in [2.75, 3.05) is 40.4 Å². The maximum Gasteiger partial charge on any atom is 0.164 e. The Balaban J connectivity index is 0.00000256. The van der Waals surface area contributed by atoms with Gasteiger partial charge in [-0.25, -0.2) is 0 Å². The molecule has 1 fully saturated rings. The van der Waals surface area contributed by atoms with Gasteiger partial charge in [-0.15, -0.1) is 24.8 Å². The van der Waals surface area contributed by atoms with Crippen LogP contribution in [0.5, 0.6) is 17.2 Å². The number of ether oxygens (including phenoxy) is 3. The molecule has 1 heterocycles. The van der Waals surface area contributed by atoms with E-state index in [1.54, 1.807) is 14.2 Å². The molecular formula is C25H38Cl2N2O3. The van der Waals surface area contributed by atoms with Crippen molar-refractivity contribution in [3.8, 4) is 17.2 Å². The second kappa shape index (κ2) is 15.2. The number of benzene rings is 2. The molecule has 5 nitrogen and oxygen atoms in total. The molecule has 1 atom stereocenters. The zero-order valence-corrected chi connectivity index (χ0v) is 21.1. The van der Waals surface area contributed by atoms with Crippen molar-refractivity contribution in [1.82, 2.24) is 10.2 Å². The van der Waals surface area contributed by atoms with Gasteiger partial charge in [0.05, 0.1) is 14.2 Å². The van der Waals surface area contributed by atoms with E-state index in [1.807, 2.05) is 24.3 Å². The van der Waals surface area contributed by atoms with Crippen molar-refractivity contribution in [3.05, 3.63) is 53.6 Å². The highest BCUT2D eigenvalue weighted by Gasteiger charge is 2.26. The summed E-state index contributed by atoms with van der Waals surface area (Å²) < 4.78 is 17.6. The summed E-state index contributed by atoms with van der Waals surface area (Å²) in [5.74, 6) is 2.35. The molecule has 0 spiro atoms. The molecule has 0 unspecified atom stereocenters. The molecule has 0 bridgehead atoms. The van der Waals surface area contributed by atoms with Crippen LogP contribution in [0.15, 0.2) is 42.5 Å². The molecule has 0 aliphatic carbocycles. The van der Waals surface area contributed by atoms with Crippen LogP contribution < -0.4 is 19.5 Å². The van der Waals surface area contributed by atoms with Crippen LogP contribution in [0.3, 0.4) is 0 Å². The molecule has 2 aromatic rings. The minimum atomic E-state index is 0. The Morgan fingerprint density at radius 1 is 0.906 bits per heavy atom. The van der Waals surface area contributed by atoms with Crippen molar-refractivity contribution in [3.63, 3.8) is 0 Å². The molecule has 1 N–H and O–H groups in total. The van der Waals surface area contributed by atoms with Gasteiger partial charge in [-0.2, -0.15) is 0 Å². The summed E-state index contributed by atoms with van der Waals surface area (Å²) in [5.41, 5.74) is 2.35. The molecule has 0 saturated carbocycles. The second-order valence-electron chi connectivity index (χ2n) is 7.82. The quantitative estimate of drug-likeness (QED) is 0.417. The van der Waals surface area contributed by atoms with Crippen LogP contribution in [-0.4, -0.2) is 45.3 Å². The summed E-state index contributed by atoms with van der Waals surface area (Å²) in [6, 6.07) is 14.7. The minimum Gasteiger partial charge on any atom is -0.493 e. The highest BCUT2D eigenvalue weighted by molar-refractivity contribution is 5.85. The molecule has 2 aromatic carbocycles. The van der Waals surface area contributed by atoms with Crippen LogP contribution in [0.25, 0.3) is 0 Å². The van der Waals surface area contributed by atoms with Crippen LogP contribution in [0.2, 0.25) is 0 Å². The van der Waals surface area contributed by atoms with E-state index in [2.05, 4.69) is 35.3 Å². The van der Waals surface area contributed by atoms with Gasteiger partial charge in [0, 0.05) is 43.9 Å². The van der Waals surface area contributed by atoms with E-state index < -0.39 is 0 Å². The van der Waals surface area contributed by atoms with Crippen LogP contribution >= 0.6 is 24.8 Å². The highest BCUT2D eigenvalue weighted by atomic mass is 35.5. The van der Waals surface area contributed by atoms with Gasteiger partial charge >= 0.3 is 0 Å². The molecule has 32 heavy (non-hydrogen) atoms. The predicted octanol–water partition coefficient (Wildman–Crippen LogP) is 5.65. The normalized spacial score (nSPS) is 14.6. The van der Waals surface area contributed by atoms with E-state index >= 15 is 0 Å². The number of nitrogens with one attached hydrogen (secondary N) is 1. The fraction of sp³-hybridized carbons (Fsp3) is 0.520. The topological polar surface area (TPSA) is 43.0 Å². The first-order chi connectivity index (χ1) is 14.8. The molecule has 0 amide bonds. The molecule has 3 rings (SSSR count). The predicted molar refractivity (Wildman–Crippen MR) is 136 cm³/mol. The van der Waals surface area contributed by atoms with E-state index in [1.165, 1.54) is 24.8 Å². The number of halogens is 2. The first-order valence-corrected chi connectivity index (χ1v) is 11.1. The lowest BCUT2D eigenvalue weighted by atomic mass is 9.96. The zero-order valence-electron chi connectivity index (χ0n) is 19.5. The van der Waals surface area contributed by atoms with E-state index in [4.69, 9.17) is 14.2 Å². The Kier molecular flexibility index (Phi) is 13.5. The lowest BCUT2D eigenvalue weighted by molar-refractivity contribution is 0.157. The molecule has 1 saturated heterocycles. The molecular weight excluding hydrogens is 447 g/mol. The maximum atomic E-state index is 6.37. The Bertz CT molecular complexity index is 771. The molecule has 0 radical (unpaired) electrons. The van der Waals surface area contributed by atoms with Crippen LogP contribution in [0.4, 0.5) is 0 Å². The molecule has 180 valence electrons. The van der Waals surface area contributed by atoms with E-state index in [9.17, 15) is 0 Å². The minimum absolute atomic E-state index is 0. The number of unbranched alkanes of at least 4 members (excludes halogenated alkanes) is 2. The fourth-order valence-corrected chi connectivity index (χ4v) is 4.11. The van der Waals surface area contributed by atoms with Gasteiger partial charge in [0.2, 0.25) is 0 Å². The lowest BCUT2D eigenvalue weighted by Gasteiger charge is -2.36. The average Bonchev–Trinajstić information content (AvgIpc) is 2.81. The number of hydrogen-bond acceptors (Lipinski definition) is 5. The van der Waals surface area contributed by atoms with Crippen LogP contribution in [-0.2, 0) is 6.61 Å². The van der Waals surface area contributed by atoms with Gasteiger partial charge in [-0.05, 0) is 18.1 Å². The van der Waals surface area contributed by atoms with Crippen molar-refractivity contribution in [2.24, 2.45) is 0 Å². The Labute approximate surface area is 205 Å². The second-order valence-corrected chi connectivity index (χ2v) is 7.82. The van der Waals surface area contributed by atoms with Crippen molar-refractivity contribution >= 4 is 24.8 Å². The number of nitrogens with zero attached hydrogens (tertiary/aromatic N) is 1. The third-order valence-electron chi connectivity index (χ3n) is 5.79. The molecule has 7 heteroatoms. The summed E-state index contributed by atoms with van der Waals surface area (Å²) >= 11 is 0. The van der Waals surface area contributed by atoms with Gasteiger partial charge < -0.3 is 19.5 Å². The van der Waals surface area contributed by atoms with Gasteiger partial charge in [0.15, 0.2) is 11.5 Å². The SMILES string of the molecule is CCCCC[C@H](c1cc(OC)c(OC)cc1OCc1ccccc1)N1CCNCC1.Cl.Cl. The van der Waals surface area contributed by atoms with Crippen LogP contribution in [0, 0.1) is 0 Å². The standard InChI is InChI=1S/C25H36N2O3.2ClH/c1-4-5-7-12-22(27-15-13-26-14-16-27)21-17-24(28-2)25(29-3)18-23(21)30-19-20-10-8-6-9-11-20;;/h6,8-11,17-18,22,26H,4-5,7,12-16,19H2,1-3H3;2*1H/t22-;;/m1../s1. The van der Waals surface area contributed by atoms with Crippen molar-refractivity contribution in [1.29, 1.82) is 0 Å². The van der Waals surface area contributed by atoms with Crippen molar-refractivity contribution in [2.45, 2.75) is 45.3 Å². The Hall–Kier alpha value is -1.66. The van der Waals surface area contributed by atoms with Crippen molar-refractivity contribution < 1.29 is 14.2 Å². The summed E-state index contributed by atoms with van der Waals surface area (Å²) in [4.78, 5) is 2.59. The summed E-state index contributed by atoms with van der Waals surface area (Å²) in [5, 5.41) is 3.47. The molecule has 1 aliphatic rings. The average molecular weight is 485 g/mol. The summed E-state index contributed by atoms with van der Waals surface area (Å²) in [7, 11) is 3.37. The monoisotopic (exact) mass is 484 g/mol. The smallest absolute Gasteiger partial charge is 0.164 e. The molecule has 1 aliphatic heterocycles. The molecule has 0 aromatic heterocycles. The van der Waals surface area contributed by atoms with Gasteiger partial charge in [-0.3, -0.25) is 4.90 Å². The summed E-state index contributed by atoms with van der Waals surface area (Å²) in [6.07, 6.45) is 4.79. The number of methoxy groups -OCH3 is 2. The van der Waals surface area contributed by atoms with Crippen LogP contribution in [0.1, 0.15) is 49.8 Å². The third kappa shape index (κ3) is 7.73. The first-order valence-electron chi connectivity index (χ1n) is 11.1. The van der Waals surface area contributed by atoms with E-state index in [-0.39, 0.29) is 24.8 Å². The lowest BCUT2D eigenvalue weighted by Crippen LogP contribution is -2.45. The Morgan fingerprint density at radius 2 is 1.56 bits per heavy atom. The maximum absolute atomic E-state index is 6.37. The number of rotatable bonds is 11. The zero-order chi connectivity index (χ0) is 21.2. The number of piperazine rings is 1. The van der Waals surface area contributed by atoms with E-state index in [0.717, 1.165) is 49.7 Å². The van der Waals surface area contributed by atoms with Gasteiger partial charge in [0.25, 0.3) is 0 Å². The number of hydrogen-bond donors (Lipinski definition) is 1.